The SMILES string of the molecule is COc1cc(C(C)=O)c([N+](=O)[O-])cc1OCC(=O)CCCOCCOCCOCCN=[N+]=[N-]. The lowest BCUT2D eigenvalue weighted by Gasteiger charge is -2.11. The molecule has 0 N–H and O–H groups in total. The van der Waals surface area contributed by atoms with Crippen LogP contribution < -0.4 is 9.47 Å². The Morgan fingerprint density at radius 3 is 2.27 bits per heavy atom. The Kier molecular flexibility index (Phi) is 13.8. The van der Waals surface area contributed by atoms with Gasteiger partial charge in [0.2, 0.25) is 0 Å². The zero-order chi connectivity index (χ0) is 24.5. The smallest absolute Gasteiger partial charge is 0.284 e. The maximum absolute atomic E-state index is 12.0. The van der Waals surface area contributed by atoms with Gasteiger partial charge in [-0.05, 0) is 18.9 Å². The highest BCUT2D eigenvalue weighted by Crippen LogP contribution is 2.35. The maximum atomic E-state index is 12.0. The predicted octanol–water partition coefficient (Wildman–Crippen LogP) is 2.89. The van der Waals surface area contributed by atoms with Crippen LogP contribution in [0.15, 0.2) is 17.2 Å². The lowest BCUT2D eigenvalue weighted by molar-refractivity contribution is -0.385. The van der Waals surface area contributed by atoms with Crippen LogP contribution in [0.2, 0.25) is 0 Å². The minimum absolute atomic E-state index is 0.0118. The molecule has 0 spiro atoms. The van der Waals surface area contributed by atoms with Crippen LogP contribution in [0.5, 0.6) is 11.5 Å². The fraction of sp³-hybridized carbons (Fsp3) is 0.600. The summed E-state index contributed by atoms with van der Waals surface area (Å²) in [5.41, 5.74) is 7.59. The number of rotatable bonds is 19. The first kappa shape index (κ1) is 27.8. The van der Waals surface area contributed by atoms with Crippen LogP contribution in [0, 0.1) is 10.1 Å². The fourth-order valence-corrected chi connectivity index (χ4v) is 2.55. The minimum atomic E-state index is -0.689. The Labute approximate surface area is 190 Å². The number of nitro groups is 1. The molecule has 0 bridgehead atoms. The molecule has 0 aliphatic carbocycles. The van der Waals surface area contributed by atoms with Crippen LogP contribution >= 0.6 is 0 Å². The predicted molar refractivity (Wildman–Crippen MR) is 116 cm³/mol. The second kappa shape index (κ2) is 16.4. The highest BCUT2D eigenvalue weighted by atomic mass is 16.6. The minimum Gasteiger partial charge on any atom is -0.493 e. The van der Waals surface area contributed by atoms with Crippen molar-refractivity contribution in [1.29, 1.82) is 0 Å². The van der Waals surface area contributed by atoms with Gasteiger partial charge in [0.05, 0.1) is 56.7 Å². The van der Waals surface area contributed by atoms with E-state index in [1.165, 1.54) is 20.1 Å². The van der Waals surface area contributed by atoms with Gasteiger partial charge in [-0.15, -0.1) is 0 Å². The molecule has 0 fully saturated rings. The van der Waals surface area contributed by atoms with Gasteiger partial charge >= 0.3 is 0 Å². The quantitative estimate of drug-likeness (QED) is 0.0562. The number of hydrogen-bond acceptors (Lipinski definition) is 10. The van der Waals surface area contributed by atoms with Crippen LogP contribution in [0.4, 0.5) is 5.69 Å². The van der Waals surface area contributed by atoms with Crippen molar-refractivity contribution in [2.24, 2.45) is 5.11 Å². The third-order valence-corrected chi connectivity index (χ3v) is 4.13. The molecule has 33 heavy (non-hydrogen) atoms. The van der Waals surface area contributed by atoms with Crippen molar-refractivity contribution in [3.8, 4) is 11.5 Å². The molecule has 0 radical (unpaired) electrons. The molecular formula is C20H28N4O9. The van der Waals surface area contributed by atoms with E-state index in [-0.39, 0.29) is 42.4 Å². The molecule has 0 saturated heterocycles. The topological polar surface area (TPSA) is 172 Å². The summed E-state index contributed by atoms with van der Waals surface area (Å²) in [5.74, 6) is -0.558. The Morgan fingerprint density at radius 1 is 1.06 bits per heavy atom. The van der Waals surface area contributed by atoms with Crippen LogP contribution in [-0.2, 0) is 19.0 Å². The summed E-state index contributed by atoms with van der Waals surface area (Å²) in [5, 5.41) is 14.5. The summed E-state index contributed by atoms with van der Waals surface area (Å²) in [4.78, 5) is 36.8. The maximum Gasteiger partial charge on any atom is 0.284 e. The molecule has 182 valence electrons. The second-order valence-electron chi connectivity index (χ2n) is 6.56. The van der Waals surface area contributed by atoms with Crippen molar-refractivity contribution >= 4 is 17.3 Å². The number of Topliss-reactive ketones (excluding diaryl/α,β-unsaturated/α-hetero) is 2. The largest absolute Gasteiger partial charge is 0.493 e. The summed E-state index contributed by atoms with van der Waals surface area (Å²) in [6, 6.07) is 2.31. The third kappa shape index (κ3) is 11.3. The highest BCUT2D eigenvalue weighted by molar-refractivity contribution is 5.99. The molecular weight excluding hydrogens is 440 g/mol. The number of ether oxygens (including phenoxy) is 5. The number of nitro benzene ring substituents is 1. The Hall–Kier alpha value is -3.25. The number of carbonyl (C=O) groups is 2. The fourth-order valence-electron chi connectivity index (χ4n) is 2.55. The molecule has 0 aromatic heterocycles. The monoisotopic (exact) mass is 468 g/mol. The summed E-state index contributed by atoms with van der Waals surface area (Å²) >= 11 is 0. The van der Waals surface area contributed by atoms with E-state index in [1.807, 2.05) is 0 Å². The van der Waals surface area contributed by atoms with Gasteiger partial charge in [-0.25, -0.2) is 0 Å². The molecule has 0 amide bonds. The van der Waals surface area contributed by atoms with E-state index in [1.54, 1.807) is 0 Å². The van der Waals surface area contributed by atoms with Gasteiger partial charge in [0.25, 0.3) is 5.69 Å². The van der Waals surface area contributed by atoms with Crippen LogP contribution in [0.1, 0.15) is 30.1 Å². The van der Waals surface area contributed by atoms with E-state index < -0.39 is 16.4 Å². The van der Waals surface area contributed by atoms with Crippen molar-refractivity contribution in [3.05, 3.63) is 38.3 Å². The average Bonchev–Trinajstić information content (AvgIpc) is 2.79. The van der Waals surface area contributed by atoms with Crippen molar-refractivity contribution in [2.75, 3.05) is 59.9 Å². The zero-order valence-corrected chi connectivity index (χ0v) is 18.7. The van der Waals surface area contributed by atoms with E-state index in [2.05, 4.69) is 10.0 Å². The van der Waals surface area contributed by atoms with Crippen molar-refractivity contribution < 1.29 is 38.2 Å². The normalized spacial score (nSPS) is 10.4. The van der Waals surface area contributed by atoms with Crippen molar-refractivity contribution in [1.82, 2.24) is 0 Å². The van der Waals surface area contributed by atoms with E-state index in [9.17, 15) is 19.7 Å². The summed E-state index contributed by atoms with van der Waals surface area (Å²) < 4.78 is 26.4. The van der Waals surface area contributed by atoms with E-state index >= 15 is 0 Å². The number of hydrogen-bond donors (Lipinski definition) is 0. The van der Waals surface area contributed by atoms with E-state index in [0.717, 1.165) is 6.07 Å². The zero-order valence-electron chi connectivity index (χ0n) is 18.7. The first-order chi connectivity index (χ1) is 15.9. The number of azide groups is 1. The van der Waals surface area contributed by atoms with E-state index in [0.29, 0.717) is 46.1 Å². The van der Waals surface area contributed by atoms with Gasteiger partial charge in [-0.3, -0.25) is 19.7 Å². The number of ketones is 2. The number of methoxy groups -OCH3 is 1. The highest BCUT2D eigenvalue weighted by Gasteiger charge is 2.22. The van der Waals surface area contributed by atoms with Crippen molar-refractivity contribution in [2.45, 2.75) is 19.8 Å². The molecule has 0 aliphatic rings. The first-order valence-electron chi connectivity index (χ1n) is 10.2. The number of carbonyl (C=O) groups excluding carboxylic acids is 2. The molecule has 13 heteroatoms. The molecule has 1 rings (SSSR count). The average molecular weight is 468 g/mol. The van der Waals surface area contributed by atoms with Gasteiger partial charge in [0, 0.05) is 30.6 Å². The standard InChI is InChI=1S/C20H28N4O9/c1-15(25)17-12-19(29-2)20(13-18(17)24(27)28)33-14-16(26)4-3-6-30-8-10-32-11-9-31-7-5-22-23-21/h12-13H,3-11,14H2,1-2H3. The van der Waals surface area contributed by atoms with Gasteiger partial charge in [0.1, 0.15) is 6.61 Å². The number of nitrogens with zero attached hydrogens (tertiary/aromatic N) is 4. The Morgan fingerprint density at radius 2 is 1.70 bits per heavy atom. The Bertz CT molecular complexity index is 841. The molecule has 0 heterocycles. The van der Waals surface area contributed by atoms with Crippen LogP contribution in [0.3, 0.4) is 0 Å². The first-order valence-corrected chi connectivity index (χ1v) is 10.2. The van der Waals surface area contributed by atoms with E-state index in [4.69, 9.17) is 29.2 Å². The Balaban J connectivity index is 2.25. The molecule has 0 saturated carbocycles. The molecule has 13 nitrogen and oxygen atoms in total. The van der Waals surface area contributed by atoms with Gasteiger partial charge in [-0.1, -0.05) is 5.11 Å². The molecule has 0 aliphatic heterocycles. The molecule has 1 aromatic rings. The van der Waals surface area contributed by atoms with Gasteiger partial charge in [-0.2, -0.15) is 0 Å². The third-order valence-electron chi connectivity index (χ3n) is 4.13. The van der Waals surface area contributed by atoms with Gasteiger partial charge < -0.3 is 23.7 Å². The van der Waals surface area contributed by atoms with Crippen LogP contribution in [-0.4, -0.2) is 76.4 Å². The lowest BCUT2D eigenvalue weighted by Crippen LogP contribution is -2.14. The number of benzene rings is 1. The van der Waals surface area contributed by atoms with Crippen LogP contribution in [0.25, 0.3) is 10.4 Å². The molecule has 0 unspecified atom stereocenters. The lowest BCUT2D eigenvalue weighted by atomic mass is 10.1. The summed E-state index contributed by atoms with van der Waals surface area (Å²) in [7, 11) is 1.33. The second-order valence-corrected chi connectivity index (χ2v) is 6.56. The summed E-state index contributed by atoms with van der Waals surface area (Å²) in [6.45, 7) is 3.43. The summed E-state index contributed by atoms with van der Waals surface area (Å²) in [6.07, 6.45) is 0.682. The molecule has 1 aromatic carbocycles. The van der Waals surface area contributed by atoms with Gasteiger partial charge in [0.15, 0.2) is 23.1 Å². The van der Waals surface area contributed by atoms with Crippen molar-refractivity contribution in [3.63, 3.8) is 0 Å². The molecule has 0 atom stereocenters.